The molecular formula is C17H18N2O5. The zero-order valence-electron chi connectivity index (χ0n) is 13.4. The summed E-state index contributed by atoms with van der Waals surface area (Å²) in [4.78, 5) is 35.1. The normalized spacial score (nSPS) is 11.4. The van der Waals surface area contributed by atoms with Gasteiger partial charge in [0.1, 0.15) is 5.76 Å². The number of esters is 1. The van der Waals surface area contributed by atoms with Crippen molar-refractivity contribution >= 4 is 23.5 Å². The first kappa shape index (κ1) is 17.3. The second kappa shape index (κ2) is 7.96. The third kappa shape index (κ3) is 4.70. The number of benzene rings is 1. The van der Waals surface area contributed by atoms with Gasteiger partial charge in [-0.1, -0.05) is 0 Å². The molecule has 2 aromatic rings. The van der Waals surface area contributed by atoms with Crippen LogP contribution in [0.5, 0.6) is 0 Å². The molecule has 1 heterocycles. The van der Waals surface area contributed by atoms with Gasteiger partial charge in [-0.05, 0) is 43.3 Å². The van der Waals surface area contributed by atoms with Crippen LogP contribution in [0.25, 0.3) is 0 Å². The molecule has 2 amide bonds. The molecular weight excluding hydrogens is 312 g/mol. The van der Waals surface area contributed by atoms with Gasteiger partial charge < -0.3 is 19.8 Å². The quantitative estimate of drug-likeness (QED) is 0.643. The van der Waals surface area contributed by atoms with Crippen LogP contribution in [0.4, 0.5) is 5.69 Å². The maximum Gasteiger partial charge on any atom is 0.337 e. The minimum absolute atomic E-state index is 0.254. The van der Waals surface area contributed by atoms with E-state index >= 15 is 0 Å². The highest BCUT2D eigenvalue weighted by Crippen LogP contribution is 2.10. The van der Waals surface area contributed by atoms with Gasteiger partial charge in [-0.2, -0.15) is 0 Å². The van der Waals surface area contributed by atoms with E-state index in [4.69, 9.17) is 4.42 Å². The number of hydrogen-bond donors (Lipinski definition) is 2. The van der Waals surface area contributed by atoms with E-state index in [0.717, 1.165) is 5.76 Å². The van der Waals surface area contributed by atoms with Gasteiger partial charge in [0.25, 0.3) is 0 Å². The molecule has 0 fully saturated rings. The van der Waals surface area contributed by atoms with Crippen molar-refractivity contribution < 1.29 is 23.5 Å². The first-order valence-electron chi connectivity index (χ1n) is 7.32. The Morgan fingerprint density at radius 2 is 1.83 bits per heavy atom. The lowest BCUT2D eigenvalue weighted by Crippen LogP contribution is -2.41. The van der Waals surface area contributed by atoms with E-state index in [1.165, 1.54) is 31.4 Å². The number of ether oxygens (including phenoxy) is 1. The number of methoxy groups -OCH3 is 1. The molecule has 0 bridgehead atoms. The van der Waals surface area contributed by atoms with Crippen LogP contribution in [0.1, 0.15) is 23.0 Å². The van der Waals surface area contributed by atoms with Gasteiger partial charge in [0.2, 0.25) is 0 Å². The van der Waals surface area contributed by atoms with Crippen LogP contribution >= 0.6 is 0 Å². The molecule has 2 N–H and O–H groups in total. The first-order valence-corrected chi connectivity index (χ1v) is 7.32. The molecule has 2 rings (SSSR count). The average Bonchev–Trinajstić information content (AvgIpc) is 3.07. The molecule has 0 saturated carbocycles. The average molecular weight is 330 g/mol. The third-order valence-corrected chi connectivity index (χ3v) is 3.24. The van der Waals surface area contributed by atoms with E-state index in [-0.39, 0.29) is 6.04 Å². The Balaban J connectivity index is 1.86. The molecule has 0 aliphatic heterocycles. The third-order valence-electron chi connectivity index (χ3n) is 3.24. The van der Waals surface area contributed by atoms with E-state index < -0.39 is 17.8 Å². The molecule has 1 aromatic carbocycles. The second-order valence-corrected chi connectivity index (χ2v) is 5.18. The summed E-state index contributed by atoms with van der Waals surface area (Å²) in [6.45, 7) is 1.78. The second-order valence-electron chi connectivity index (χ2n) is 5.18. The van der Waals surface area contributed by atoms with Crippen molar-refractivity contribution in [1.29, 1.82) is 0 Å². The Labute approximate surface area is 139 Å². The predicted molar refractivity (Wildman–Crippen MR) is 86.4 cm³/mol. The summed E-state index contributed by atoms with van der Waals surface area (Å²) in [5.41, 5.74) is 0.758. The Hall–Kier alpha value is -3.09. The van der Waals surface area contributed by atoms with Crippen LogP contribution in [0.15, 0.2) is 47.1 Å². The van der Waals surface area contributed by atoms with E-state index in [1.807, 2.05) is 0 Å². The van der Waals surface area contributed by atoms with Crippen LogP contribution in [0, 0.1) is 0 Å². The minimum Gasteiger partial charge on any atom is -0.469 e. The van der Waals surface area contributed by atoms with Crippen LogP contribution in [-0.2, 0) is 20.7 Å². The summed E-state index contributed by atoms with van der Waals surface area (Å²) in [6, 6.07) is 9.34. The highest BCUT2D eigenvalue weighted by molar-refractivity contribution is 6.39. The lowest BCUT2D eigenvalue weighted by atomic mass is 10.2. The largest absolute Gasteiger partial charge is 0.469 e. The summed E-state index contributed by atoms with van der Waals surface area (Å²) in [7, 11) is 1.28. The summed E-state index contributed by atoms with van der Waals surface area (Å²) in [6.07, 6.45) is 2.04. The van der Waals surface area contributed by atoms with Gasteiger partial charge in [-0.3, -0.25) is 9.59 Å². The number of nitrogens with one attached hydrogen (secondary N) is 2. The number of carbonyl (C=O) groups excluding carboxylic acids is 3. The van der Waals surface area contributed by atoms with Crippen LogP contribution in [0.2, 0.25) is 0 Å². The Morgan fingerprint density at radius 1 is 1.12 bits per heavy atom. The van der Waals surface area contributed by atoms with Gasteiger partial charge in [0.05, 0.1) is 18.9 Å². The summed E-state index contributed by atoms with van der Waals surface area (Å²) in [5, 5.41) is 5.06. The molecule has 0 unspecified atom stereocenters. The molecule has 0 saturated heterocycles. The first-order chi connectivity index (χ1) is 11.5. The molecule has 0 radical (unpaired) electrons. The van der Waals surface area contributed by atoms with Crippen molar-refractivity contribution in [2.24, 2.45) is 0 Å². The SMILES string of the molecule is COC(=O)c1ccc(NC(=O)C(=O)N[C@H](C)Cc2ccco2)cc1. The maximum atomic E-state index is 11.9. The van der Waals surface area contributed by atoms with Gasteiger partial charge >= 0.3 is 17.8 Å². The fourth-order valence-corrected chi connectivity index (χ4v) is 2.07. The van der Waals surface area contributed by atoms with Crippen molar-refractivity contribution in [2.45, 2.75) is 19.4 Å². The highest BCUT2D eigenvalue weighted by atomic mass is 16.5. The fourth-order valence-electron chi connectivity index (χ4n) is 2.07. The molecule has 0 aliphatic carbocycles. The number of carbonyl (C=O) groups is 3. The molecule has 7 heteroatoms. The monoisotopic (exact) mass is 330 g/mol. The number of rotatable bonds is 5. The van der Waals surface area contributed by atoms with E-state index in [9.17, 15) is 14.4 Å². The smallest absolute Gasteiger partial charge is 0.337 e. The van der Waals surface area contributed by atoms with Gasteiger partial charge in [0, 0.05) is 18.2 Å². The van der Waals surface area contributed by atoms with Crippen molar-refractivity contribution in [3.05, 3.63) is 54.0 Å². The topological polar surface area (TPSA) is 97.6 Å². The Bertz CT molecular complexity index is 707. The highest BCUT2D eigenvalue weighted by Gasteiger charge is 2.17. The van der Waals surface area contributed by atoms with Crippen molar-refractivity contribution in [3.8, 4) is 0 Å². The lowest BCUT2D eigenvalue weighted by Gasteiger charge is -2.12. The van der Waals surface area contributed by atoms with Crippen molar-refractivity contribution in [1.82, 2.24) is 5.32 Å². The summed E-state index contributed by atoms with van der Waals surface area (Å²) < 4.78 is 9.78. The predicted octanol–water partition coefficient (Wildman–Crippen LogP) is 1.75. The Kier molecular flexibility index (Phi) is 5.73. The van der Waals surface area contributed by atoms with Crippen LogP contribution < -0.4 is 10.6 Å². The molecule has 0 spiro atoms. The molecule has 7 nitrogen and oxygen atoms in total. The zero-order chi connectivity index (χ0) is 17.5. The van der Waals surface area contributed by atoms with Crippen LogP contribution in [-0.4, -0.2) is 30.9 Å². The zero-order valence-corrected chi connectivity index (χ0v) is 13.4. The van der Waals surface area contributed by atoms with Gasteiger partial charge in [-0.25, -0.2) is 4.79 Å². The molecule has 0 aliphatic rings. The maximum absolute atomic E-state index is 11.9. The van der Waals surface area contributed by atoms with Crippen molar-refractivity contribution in [3.63, 3.8) is 0 Å². The fraction of sp³-hybridized carbons (Fsp3) is 0.235. The summed E-state index contributed by atoms with van der Waals surface area (Å²) in [5.74, 6) is -1.28. The summed E-state index contributed by atoms with van der Waals surface area (Å²) >= 11 is 0. The standard InChI is InChI=1S/C17H18N2O5/c1-11(10-14-4-3-9-24-14)18-15(20)16(21)19-13-7-5-12(6-8-13)17(22)23-2/h3-9,11H,10H2,1-2H3,(H,18,20)(H,19,21)/t11-/m1/s1. The van der Waals surface area contributed by atoms with Gasteiger partial charge in [-0.15, -0.1) is 0 Å². The molecule has 126 valence electrons. The van der Waals surface area contributed by atoms with Crippen molar-refractivity contribution in [2.75, 3.05) is 12.4 Å². The number of furan rings is 1. The number of anilines is 1. The number of amides is 2. The molecule has 1 aromatic heterocycles. The van der Waals surface area contributed by atoms with Crippen LogP contribution in [0.3, 0.4) is 0 Å². The van der Waals surface area contributed by atoms with Gasteiger partial charge in [0.15, 0.2) is 0 Å². The number of hydrogen-bond acceptors (Lipinski definition) is 5. The molecule has 24 heavy (non-hydrogen) atoms. The lowest BCUT2D eigenvalue weighted by molar-refractivity contribution is -0.136. The van der Waals surface area contributed by atoms with E-state index in [1.54, 1.807) is 25.3 Å². The van der Waals surface area contributed by atoms with E-state index in [0.29, 0.717) is 17.7 Å². The minimum atomic E-state index is -0.785. The molecule has 1 atom stereocenters. The Morgan fingerprint density at radius 3 is 2.42 bits per heavy atom. The van der Waals surface area contributed by atoms with E-state index in [2.05, 4.69) is 15.4 Å².